The molecule has 0 spiro atoms. The Hall–Kier alpha value is -2.60. The Balaban J connectivity index is 1.49. The van der Waals surface area contributed by atoms with Gasteiger partial charge in [-0.15, -0.1) is 0 Å². The Kier molecular flexibility index (Phi) is 5.85. The summed E-state index contributed by atoms with van der Waals surface area (Å²) in [4.78, 5) is 18.2. The quantitative estimate of drug-likeness (QED) is 0.783. The Morgan fingerprint density at radius 1 is 1.16 bits per heavy atom. The lowest BCUT2D eigenvalue weighted by Gasteiger charge is -2.30. The molecule has 6 nitrogen and oxygen atoms in total. The third kappa shape index (κ3) is 4.93. The van der Waals surface area contributed by atoms with Crippen molar-refractivity contribution in [3.8, 4) is 0 Å². The molecule has 25 heavy (non-hydrogen) atoms. The highest BCUT2D eigenvalue weighted by Crippen LogP contribution is 2.25. The number of nitrogens with two attached hydrogens (primary N) is 1. The van der Waals surface area contributed by atoms with E-state index in [4.69, 9.17) is 10.5 Å². The molecule has 6 heteroatoms. The molecule has 1 fully saturated rings. The molecule has 0 atom stereocenters. The summed E-state index contributed by atoms with van der Waals surface area (Å²) < 4.78 is 5.37. The normalized spacial score (nSPS) is 14.3. The molecule has 0 bridgehead atoms. The Bertz CT molecular complexity index is 700. The number of nitrogen functional groups attached to an aromatic ring is 1. The fourth-order valence-electron chi connectivity index (χ4n) is 2.90. The van der Waals surface area contributed by atoms with Crippen molar-refractivity contribution in [1.29, 1.82) is 0 Å². The zero-order valence-corrected chi connectivity index (χ0v) is 14.3. The van der Waals surface area contributed by atoms with Crippen molar-refractivity contribution in [2.75, 3.05) is 36.9 Å². The van der Waals surface area contributed by atoms with E-state index in [0.29, 0.717) is 19.4 Å². The van der Waals surface area contributed by atoms with Crippen LogP contribution in [0.2, 0.25) is 0 Å². The van der Waals surface area contributed by atoms with Gasteiger partial charge in [0.15, 0.2) is 0 Å². The minimum absolute atomic E-state index is 0.0349. The molecule has 0 unspecified atom stereocenters. The zero-order chi connectivity index (χ0) is 17.5. The van der Waals surface area contributed by atoms with Gasteiger partial charge in [-0.2, -0.15) is 0 Å². The number of nitrogens with zero attached hydrogens (tertiary/aromatic N) is 2. The molecule has 1 aromatic carbocycles. The number of aryl methyl sites for hydroxylation is 1. The van der Waals surface area contributed by atoms with Gasteiger partial charge in [0, 0.05) is 38.4 Å². The highest BCUT2D eigenvalue weighted by molar-refractivity contribution is 5.76. The van der Waals surface area contributed by atoms with Crippen LogP contribution in [0.5, 0.6) is 0 Å². The van der Waals surface area contributed by atoms with Crippen LogP contribution in [-0.4, -0.2) is 37.2 Å². The van der Waals surface area contributed by atoms with Gasteiger partial charge in [-0.25, -0.2) is 0 Å². The predicted molar refractivity (Wildman–Crippen MR) is 98.3 cm³/mol. The fraction of sp³-hybridized carbons (Fsp3) is 0.368. The summed E-state index contributed by atoms with van der Waals surface area (Å²) in [6, 6.07) is 9.86. The first-order valence-corrected chi connectivity index (χ1v) is 8.59. The van der Waals surface area contributed by atoms with Crippen LogP contribution >= 0.6 is 0 Å². The van der Waals surface area contributed by atoms with E-state index in [1.165, 1.54) is 0 Å². The Labute approximate surface area is 148 Å². The average Bonchev–Trinajstić information content (AvgIpc) is 2.66. The highest BCUT2D eigenvalue weighted by atomic mass is 16.5. The first kappa shape index (κ1) is 17.2. The van der Waals surface area contributed by atoms with Crippen molar-refractivity contribution in [2.45, 2.75) is 19.4 Å². The minimum Gasteiger partial charge on any atom is -0.397 e. The number of carbonyl (C=O) groups excluding carboxylic acids is 1. The maximum atomic E-state index is 12.0. The van der Waals surface area contributed by atoms with Crippen molar-refractivity contribution in [1.82, 2.24) is 10.3 Å². The molecule has 1 aromatic heterocycles. The molecule has 132 valence electrons. The third-order valence-electron chi connectivity index (χ3n) is 4.32. The van der Waals surface area contributed by atoms with Crippen molar-refractivity contribution in [2.24, 2.45) is 0 Å². The molecule has 1 aliphatic heterocycles. The molecule has 1 aliphatic rings. The molecular weight excluding hydrogens is 316 g/mol. The molecule has 2 heterocycles. The van der Waals surface area contributed by atoms with Crippen molar-refractivity contribution in [3.63, 3.8) is 0 Å². The molecule has 0 radical (unpaired) electrons. The second-order valence-electron chi connectivity index (χ2n) is 6.12. The van der Waals surface area contributed by atoms with Crippen LogP contribution in [0.3, 0.4) is 0 Å². The lowest BCUT2D eigenvalue weighted by molar-refractivity contribution is -0.121. The molecule has 3 rings (SSSR count). The number of anilines is 2. The molecule has 0 aliphatic carbocycles. The Morgan fingerprint density at radius 2 is 1.92 bits per heavy atom. The summed E-state index contributed by atoms with van der Waals surface area (Å²) in [6.07, 6.45) is 4.57. The SMILES string of the molecule is Nc1cc(CCC(=O)NCc2ccncc2)ccc1N1CCOCC1. The van der Waals surface area contributed by atoms with Gasteiger partial charge in [-0.1, -0.05) is 6.07 Å². The van der Waals surface area contributed by atoms with E-state index in [-0.39, 0.29) is 5.91 Å². The minimum atomic E-state index is 0.0349. The van der Waals surface area contributed by atoms with Crippen LogP contribution in [0, 0.1) is 0 Å². The summed E-state index contributed by atoms with van der Waals surface area (Å²) in [5.74, 6) is 0.0349. The summed E-state index contributed by atoms with van der Waals surface area (Å²) in [5.41, 5.74) is 10.1. The standard InChI is InChI=1S/C19H24N4O2/c20-17-13-15(1-3-18(17)23-9-11-25-12-10-23)2-4-19(24)22-14-16-5-7-21-8-6-16/h1,3,5-8,13H,2,4,9-12,14,20H2,(H,22,24). The number of ether oxygens (including phenoxy) is 1. The topological polar surface area (TPSA) is 80.5 Å². The summed E-state index contributed by atoms with van der Waals surface area (Å²) in [7, 11) is 0. The number of pyridine rings is 1. The van der Waals surface area contributed by atoms with Gasteiger partial charge < -0.3 is 20.7 Å². The molecule has 2 aromatic rings. The van der Waals surface area contributed by atoms with Crippen LogP contribution in [0.15, 0.2) is 42.7 Å². The van der Waals surface area contributed by atoms with Gasteiger partial charge in [-0.05, 0) is 41.8 Å². The van der Waals surface area contributed by atoms with Gasteiger partial charge in [0.05, 0.1) is 24.6 Å². The number of hydrogen-bond acceptors (Lipinski definition) is 5. The highest BCUT2D eigenvalue weighted by Gasteiger charge is 2.14. The third-order valence-corrected chi connectivity index (χ3v) is 4.32. The average molecular weight is 340 g/mol. The maximum Gasteiger partial charge on any atom is 0.220 e. The second-order valence-corrected chi connectivity index (χ2v) is 6.12. The fourth-order valence-corrected chi connectivity index (χ4v) is 2.90. The first-order chi connectivity index (χ1) is 12.2. The van der Waals surface area contributed by atoms with E-state index >= 15 is 0 Å². The molecular formula is C19H24N4O2. The number of aromatic nitrogens is 1. The number of benzene rings is 1. The van der Waals surface area contributed by atoms with Crippen molar-refractivity contribution < 1.29 is 9.53 Å². The van der Waals surface area contributed by atoms with E-state index in [1.54, 1.807) is 12.4 Å². The van der Waals surface area contributed by atoms with Gasteiger partial charge in [0.25, 0.3) is 0 Å². The summed E-state index contributed by atoms with van der Waals surface area (Å²) in [6.45, 7) is 3.72. The largest absolute Gasteiger partial charge is 0.397 e. The summed E-state index contributed by atoms with van der Waals surface area (Å²) in [5, 5.41) is 2.93. The number of hydrogen-bond donors (Lipinski definition) is 2. The molecule has 1 amide bonds. The van der Waals surface area contributed by atoms with Gasteiger partial charge in [0.2, 0.25) is 5.91 Å². The number of carbonyl (C=O) groups is 1. The van der Waals surface area contributed by atoms with Crippen molar-refractivity contribution in [3.05, 3.63) is 53.9 Å². The van der Waals surface area contributed by atoms with Gasteiger partial charge >= 0.3 is 0 Å². The Morgan fingerprint density at radius 3 is 2.64 bits per heavy atom. The summed E-state index contributed by atoms with van der Waals surface area (Å²) >= 11 is 0. The lowest BCUT2D eigenvalue weighted by Crippen LogP contribution is -2.36. The molecule has 3 N–H and O–H groups in total. The number of amides is 1. The molecule has 1 saturated heterocycles. The van der Waals surface area contributed by atoms with Crippen LogP contribution in [0.4, 0.5) is 11.4 Å². The molecule has 0 saturated carbocycles. The van der Waals surface area contributed by atoms with Gasteiger partial charge in [-0.3, -0.25) is 9.78 Å². The van der Waals surface area contributed by atoms with E-state index < -0.39 is 0 Å². The first-order valence-electron chi connectivity index (χ1n) is 8.59. The van der Waals surface area contributed by atoms with E-state index in [2.05, 4.69) is 21.3 Å². The zero-order valence-electron chi connectivity index (χ0n) is 14.3. The van der Waals surface area contributed by atoms with Crippen LogP contribution in [0.25, 0.3) is 0 Å². The number of nitrogens with one attached hydrogen (secondary N) is 1. The number of rotatable bonds is 6. The monoisotopic (exact) mass is 340 g/mol. The van der Waals surface area contributed by atoms with E-state index in [1.807, 2.05) is 24.3 Å². The van der Waals surface area contributed by atoms with Crippen LogP contribution in [0.1, 0.15) is 17.5 Å². The van der Waals surface area contributed by atoms with Crippen molar-refractivity contribution >= 4 is 17.3 Å². The predicted octanol–water partition coefficient (Wildman–Crippen LogP) is 1.75. The van der Waals surface area contributed by atoms with Crippen LogP contribution in [-0.2, 0) is 22.5 Å². The van der Waals surface area contributed by atoms with E-state index in [0.717, 1.165) is 48.8 Å². The number of morpholine rings is 1. The van der Waals surface area contributed by atoms with E-state index in [9.17, 15) is 4.79 Å². The second kappa shape index (κ2) is 8.48. The smallest absolute Gasteiger partial charge is 0.220 e. The maximum absolute atomic E-state index is 12.0. The van der Waals surface area contributed by atoms with Gasteiger partial charge in [0.1, 0.15) is 0 Å². The van der Waals surface area contributed by atoms with Crippen LogP contribution < -0.4 is 16.0 Å². The lowest BCUT2D eigenvalue weighted by atomic mass is 10.1.